The van der Waals surface area contributed by atoms with E-state index in [0.717, 1.165) is 11.4 Å². The molecule has 0 aromatic carbocycles. The van der Waals surface area contributed by atoms with Gasteiger partial charge >= 0.3 is 0 Å². The minimum absolute atomic E-state index is 0.0215. The van der Waals surface area contributed by atoms with Gasteiger partial charge in [-0.05, 0) is 13.3 Å². The van der Waals surface area contributed by atoms with E-state index in [1.807, 2.05) is 13.8 Å². The molecule has 0 radical (unpaired) electrons. The van der Waals surface area contributed by atoms with Crippen LogP contribution in [-0.4, -0.2) is 39.3 Å². The fourth-order valence-electron chi connectivity index (χ4n) is 1.76. The summed E-state index contributed by atoms with van der Waals surface area (Å²) in [5.74, 6) is 0.113. The topological polar surface area (TPSA) is 96.0 Å². The van der Waals surface area contributed by atoms with Crippen molar-refractivity contribution < 1.29 is 9.59 Å². The molecular formula is C11H17N5O2S2. The van der Waals surface area contributed by atoms with E-state index in [4.69, 9.17) is 0 Å². The first-order chi connectivity index (χ1) is 9.56. The molecule has 7 nitrogen and oxygen atoms in total. The molecular weight excluding hydrogens is 298 g/mol. The summed E-state index contributed by atoms with van der Waals surface area (Å²) in [5, 5.41) is 17.7. The normalized spacial score (nSPS) is 22.4. The van der Waals surface area contributed by atoms with Gasteiger partial charge in [0.15, 0.2) is 0 Å². The van der Waals surface area contributed by atoms with E-state index in [2.05, 4.69) is 26.1 Å². The summed E-state index contributed by atoms with van der Waals surface area (Å²) >= 11 is 2.69. The quantitative estimate of drug-likeness (QED) is 0.740. The molecule has 2 unspecified atom stereocenters. The Kier molecular flexibility index (Phi) is 5.32. The standard InChI is InChI=1S/C11H17N5O2S2/c1-3-7-4-8(17)13-10(12-7)19-5-9(18)14-11-16-15-6(2)20-11/h7,10,12H,3-5H2,1-2H3,(H,13,17)(H,14,16,18). The first kappa shape index (κ1) is 15.2. The van der Waals surface area contributed by atoms with E-state index >= 15 is 0 Å². The predicted molar refractivity (Wildman–Crippen MR) is 79.5 cm³/mol. The van der Waals surface area contributed by atoms with Gasteiger partial charge in [0.05, 0.1) is 5.75 Å². The van der Waals surface area contributed by atoms with Crippen molar-refractivity contribution in [2.75, 3.05) is 11.1 Å². The Morgan fingerprint density at radius 2 is 2.35 bits per heavy atom. The molecule has 110 valence electrons. The average molecular weight is 315 g/mol. The lowest BCUT2D eigenvalue weighted by Gasteiger charge is -2.30. The zero-order valence-corrected chi connectivity index (χ0v) is 12.9. The number of nitrogens with one attached hydrogen (secondary N) is 3. The Morgan fingerprint density at radius 3 is 3.00 bits per heavy atom. The van der Waals surface area contributed by atoms with Crippen molar-refractivity contribution in [2.24, 2.45) is 0 Å². The summed E-state index contributed by atoms with van der Waals surface area (Å²) in [5.41, 5.74) is -0.219. The molecule has 1 aromatic heterocycles. The monoisotopic (exact) mass is 315 g/mol. The SMILES string of the molecule is CCC1CC(=O)NC(SCC(=O)Nc2nnc(C)s2)N1. The molecule has 1 aliphatic rings. The largest absolute Gasteiger partial charge is 0.332 e. The number of rotatable bonds is 5. The van der Waals surface area contributed by atoms with Gasteiger partial charge in [-0.3, -0.25) is 20.2 Å². The molecule has 3 N–H and O–H groups in total. The number of aromatic nitrogens is 2. The first-order valence-corrected chi connectivity index (χ1v) is 8.20. The van der Waals surface area contributed by atoms with E-state index in [1.54, 1.807) is 0 Å². The van der Waals surface area contributed by atoms with Crippen molar-refractivity contribution in [3.63, 3.8) is 0 Å². The van der Waals surface area contributed by atoms with Crippen LogP contribution in [0, 0.1) is 6.92 Å². The Bertz CT molecular complexity index is 493. The van der Waals surface area contributed by atoms with Crippen LogP contribution >= 0.6 is 23.1 Å². The third-order valence-corrected chi connectivity index (χ3v) is 4.53. The maximum Gasteiger partial charge on any atom is 0.236 e. The number of amides is 2. The molecule has 1 fully saturated rings. The Hall–Kier alpha value is -1.19. The van der Waals surface area contributed by atoms with E-state index < -0.39 is 0 Å². The third-order valence-electron chi connectivity index (χ3n) is 2.76. The van der Waals surface area contributed by atoms with E-state index in [0.29, 0.717) is 11.6 Å². The highest BCUT2D eigenvalue weighted by Crippen LogP contribution is 2.16. The molecule has 2 heterocycles. The summed E-state index contributed by atoms with van der Waals surface area (Å²) in [6.07, 6.45) is 1.38. The Morgan fingerprint density at radius 1 is 1.55 bits per heavy atom. The van der Waals surface area contributed by atoms with Crippen LogP contribution in [0.25, 0.3) is 0 Å². The summed E-state index contributed by atoms with van der Waals surface area (Å²) in [7, 11) is 0. The fourth-order valence-corrected chi connectivity index (χ4v) is 3.26. The number of nitrogens with zero attached hydrogens (tertiary/aromatic N) is 2. The van der Waals surface area contributed by atoms with Crippen LogP contribution in [0.4, 0.5) is 5.13 Å². The molecule has 0 bridgehead atoms. The maximum atomic E-state index is 11.8. The minimum Gasteiger partial charge on any atom is -0.332 e. The molecule has 2 amide bonds. The number of thioether (sulfide) groups is 1. The maximum absolute atomic E-state index is 11.8. The van der Waals surface area contributed by atoms with Crippen LogP contribution in [0.3, 0.4) is 0 Å². The smallest absolute Gasteiger partial charge is 0.236 e. The van der Waals surface area contributed by atoms with Gasteiger partial charge in [0.2, 0.25) is 16.9 Å². The second-order valence-electron chi connectivity index (χ2n) is 4.41. The van der Waals surface area contributed by atoms with Crippen molar-refractivity contribution in [3.8, 4) is 0 Å². The van der Waals surface area contributed by atoms with E-state index in [1.165, 1.54) is 23.1 Å². The van der Waals surface area contributed by atoms with E-state index in [-0.39, 0.29) is 29.1 Å². The summed E-state index contributed by atoms with van der Waals surface area (Å²) in [4.78, 5) is 23.3. The number of carbonyl (C=O) groups excluding carboxylic acids is 2. The van der Waals surface area contributed by atoms with Crippen molar-refractivity contribution in [1.29, 1.82) is 0 Å². The lowest BCUT2D eigenvalue weighted by atomic mass is 10.1. The molecule has 1 aliphatic heterocycles. The number of hydrogen-bond donors (Lipinski definition) is 3. The molecule has 0 saturated carbocycles. The lowest BCUT2D eigenvalue weighted by molar-refractivity contribution is -0.123. The second-order valence-corrected chi connectivity index (χ2v) is 6.68. The highest BCUT2D eigenvalue weighted by molar-refractivity contribution is 8.00. The van der Waals surface area contributed by atoms with Crippen LogP contribution in [0.15, 0.2) is 0 Å². The van der Waals surface area contributed by atoms with Crippen LogP contribution in [-0.2, 0) is 9.59 Å². The zero-order valence-electron chi connectivity index (χ0n) is 11.3. The number of hydrogen-bond acceptors (Lipinski definition) is 7. The highest BCUT2D eigenvalue weighted by atomic mass is 32.2. The average Bonchev–Trinajstić information content (AvgIpc) is 2.81. The predicted octanol–water partition coefficient (Wildman–Crippen LogP) is 0.690. The summed E-state index contributed by atoms with van der Waals surface area (Å²) in [6, 6.07) is 0.176. The van der Waals surface area contributed by atoms with Crippen molar-refractivity contribution in [1.82, 2.24) is 20.8 Å². The number of aryl methyl sites for hydroxylation is 1. The van der Waals surface area contributed by atoms with Gasteiger partial charge in [-0.25, -0.2) is 0 Å². The second kappa shape index (κ2) is 7.00. The van der Waals surface area contributed by atoms with Gasteiger partial charge in [0, 0.05) is 12.5 Å². The van der Waals surface area contributed by atoms with Crippen molar-refractivity contribution >= 4 is 40.0 Å². The van der Waals surface area contributed by atoms with Gasteiger partial charge in [-0.2, -0.15) is 0 Å². The molecule has 1 saturated heterocycles. The molecule has 9 heteroatoms. The molecule has 0 spiro atoms. The summed E-state index contributed by atoms with van der Waals surface area (Å²) in [6.45, 7) is 3.86. The molecule has 2 atom stereocenters. The molecule has 2 rings (SSSR count). The van der Waals surface area contributed by atoms with E-state index in [9.17, 15) is 9.59 Å². The van der Waals surface area contributed by atoms with Crippen molar-refractivity contribution in [3.05, 3.63) is 5.01 Å². The molecule has 1 aromatic rings. The summed E-state index contributed by atoms with van der Waals surface area (Å²) < 4.78 is 0. The van der Waals surface area contributed by atoms with Crippen LogP contribution in [0.1, 0.15) is 24.8 Å². The first-order valence-electron chi connectivity index (χ1n) is 6.33. The fraction of sp³-hybridized carbons (Fsp3) is 0.636. The van der Waals surface area contributed by atoms with Gasteiger partial charge in [0.25, 0.3) is 0 Å². The minimum atomic E-state index is -0.219. The van der Waals surface area contributed by atoms with Crippen LogP contribution in [0.2, 0.25) is 0 Å². The molecule has 20 heavy (non-hydrogen) atoms. The van der Waals surface area contributed by atoms with Crippen molar-refractivity contribution in [2.45, 2.75) is 38.2 Å². The van der Waals surface area contributed by atoms with Crippen LogP contribution in [0.5, 0.6) is 0 Å². The van der Waals surface area contributed by atoms with Gasteiger partial charge in [-0.1, -0.05) is 18.3 Å². The lowest BCUT2D eigenvalue weighted by Crippen LogP contribution is -2.54. The van der Waals surface area contributed by atoms with Crippen LogP contribution < -0.4 is 16.0 Å². The zero-order chi connectivity index (χ0) is 14.5. The van der Waals surface area contributed by atoms with Gasteiger partial charge in [-0.15, -0.1) is 22.0 Å². The highest BCUT2D eigenvalue weighted by Gasteiger charge is 2.25. The molecule has 0 aliphatic carbocycles. The van der Waals surface area contributed by atoms with Gasteiger partial charge < -0.3 is 5.32 Å². The Balaban J connectivity index is 1.76. The van der Waals surface area contributed by atoms with Gasteiger partial charge in [0.1, 0.15) is 10.5 Å². The number of anilines is 1. The number of carbonyl (C=O) groups is 2. The third kappa shape index (κ3) is 4.43. The Labute approximate surface area is 125 Å².